The van der Waals surface area contributed by atoms with Gasteiger partial charge in [0.15, 0.2) is 0 Å². The minimum Gasteiger partial charge on any atom is -0.479 e. The SMILES string of the molecule is CC[C@@H]1C[C@@H]2CN3CCc4c([nH]c5ccccc45)[C@@](C(=O)OC)(C2)[C@@H]13.C[C@H](O)C(=O)O. The van der Waals surface area contributed by atoms with Gasteiger partial charge in [-0.25, -0.2) is 4.79 Å². The zero-order chi connectivity index (χ0) is 22.3. The maximum Gasteiger partial charge on any atom is 0.332 e. The maximum atomic E-state index is 13.3. The molecule has 2 aromatic rings. The molecule has 7 heteroatoms. The number of carbonyl (C=O) groups excluding carboxylic acids is 1. The summed E-state index contributed by atoms with van der Waals surface area (Å²) in [5.74, 6) is -0.0644. The van der Waals surface area contributed by atoms with Crippen LogP contribution in [0.15, 0.2) is 24.3 Å². The molecule has 1 unspecified atom stereocenters. The summed E-state index contributed by atoms with van der Waals surface area (Å²) < 4.78 is 5.43. The molecule has 0 spiro atoms. The Kier molecular flexibility index (Phi) is 5.83. The lowest BCUT2D eigenvalue weighted by Gasteiger charge is -2.57. The molecule has 1 saturated carbocycles. The summed E-state index contributed by atoms with van der Waals surface area (Å²) in [7, 11) is 1.55. The number of methoxy groups -OCH3 is 1. The number of fused-ring (bicyclic) bond motifs is 4. The Morgan fingerprint density at radius 3 is 2.71 bits per heavy atom. The van der Waals surface area contributed by atoms with Crippen molar-refractivity contribution in [3.63, 3.8) is 0 Å². The predicted molar refractivity (Wildman–Crippen MR) is 117 cm³/mol. The third-order valence-corrected chi connectivity index (χ3v) is 7.42. The van der Waals surface area contributed by atoms with Crippen molar-refractivity contribution < 1.29 is 24.5 Å². The van der Waals surface area contributed by atoms with Crippen molar-refractivity contribution in [2.75, 3.05) is 20.2 Å². The summed E-state index contributed by atoms with van der Waals surface area (Å²) >= 11 is 0. The normalized spacial score (nSPS) is 31.7. The number of nitrogens with one attached hydrogen (secondary N) is 1. The number of H-pyrrole nitrogens is 1. The molecule has 0 radical (unpaired) electrons. The van der Waals surface area contributed by atoms with Gasteiger partial charge in [-0.15, -0.1) is 0 Å². The maximum absolute atomic E-state index is 13.3. The van der Waals surface area contributed by atoms with Crippen LogP contribution in [-0.4, -0.2) is 64.4 Å². The first-order valence-electron chi connectivity index (χ1n) is 11.2. The number of aliphatic carboxylic acids is 1. The third kappa shape index (κ3) is 3.44. The van der Waals surface area contributed by atoms with Crippen LogP contribution in [0.1, 0.15) is 44.4 Å². The Morgan fingerprint density at radius 2 is 2.06 bits per heavy atom. The fourth-order valence-corrected chi connectivity index (χ4v) is 6.27. The average molecular weight is 429 g/mol. The minimum atomic E-state index is -1.23. The number of carbonyl (C=O) groups is 2. The highest BCUT2D eigenvalue weighted by Crippen LogP contribution is 2.55. The van der Waals surface area contributed by atoms with E-state index in [4.69, 9.17) is 14.9 Å². The monoisotopic (exact) mass is 428 g/mol. The molecule has 3 aliphatic heterocycles. The van der Waals surface area contributed by atoms with Crippen molar-refractivity contribution >= 4 is 22.8 Å². The number of aliphatic hydroxyl groups is 1. The van der Waals surface area contributed by atoms with E-state index in [-0.39, 0.29) is 12.0 Å². The summed E-state index contributed by atoms with van der Waals surface area (Å²) in [4.78, 5) is 29.0. The molecule has 7 nitrogen and oxygen atoms in total. The van der Waals surface area contributed by atoms with Crippen molar-refractivity contribution in [3.8, 4) is 0 Å². The minimum absolute atomic E-state index is 0.0416. The van der Waals surface area contributed by atoms with Crippen molar-refractivity contribution in [1.82, 2.24) is 9.88 Å². The zero-order valence-electron chi connectivity index (χ0n) is 18.4. The molecule has 3 N–H and O–H groups in total. The molecule has 31 heavy (non-hydrogen) atoms. The zero-order valence-corrected chi connectivity index (χ0v) is 18.4. The molecule has 6 atom stereocenters. The Hall–Kier alpha value is -2.38. The van der Waals surface area contributed by atoms with Gasteiger partial charge in [0.2, 0.25) is 0 Å². The van der Waals surface area contributed by atoms with Gasteiger partial charge in [-0.05, 0) is 49.7 Å². The molecule has 2 saturated heterocycles. The number of rotatable bonds is 3. The lowest BCUT2D eigenvalue weighted by Crippen LogP contribution is -2.67. The highest BCUT2D eigenvalue weighted by molar-refractivity contribution is 5.91. The van der Waals surface area contributed by atoms with E-state index in [1.54, 1.807) is 7.11 Å². The molecule has 6 rings (SSSR count). The Bertz CT molecular complexity index is 984. The Labute approximate surface area is 182 Å². The number of hydrogen-bond acceptors (Lipinski definition) is 5. The van der Waals surface area contributed by atoms with Crippen molar-refractivity contribution in [1.29, 1.82) is 0 Å². The molecule has 168 valence electrons. The summed E-state index contributed by atoms with van der Waals surface area (Å²) in [5.41, 5.74) is 3.11. The number of carboxylic acid groups (broad SMARTS) is 1. The van der Waals surface area contributed by atoms with Crippen LogP contribution in [0.2, 0.25) is 0 Å². The number of aromatic nitrogens is 1. The molecule has 4 aliphatic rings. The van der Waals surface area contributed by atoms with Gasteiger partial charge < -0.3 is 19.9 Å². The molecule has 3 fully saturated rings. The van der Waals surface area contributed by atoms with E-state index >= 15 is 0 Å². The third-order valence-electron chi connectivity index (χ3n) is 7.42. The van der Waals surface area contributed by atoms with Gasteiger partial charge in [0.1, 0.15) is 11.5 Å². The number of hydrogen-bond donors (Lipinski definition) is 3. The molecule has 4 heterocycles. The number of piperidine rings is 2. The number of ether oxygens (including phenoxy) is 1. The predicted octanol–water partition coefficient (Wildman–Crippen LogP) is 2.71. The van der Waals surface area contributed by atoms with Gasteiger partial charge in [-0.3, -0.25) is 9.69 Å². The van der Waals surface area contributed by atoms with Crippen LogP contribution in [0.4, 0.5) is 0 Å². The van der Waals surface area contributed by atoms with Crippen LogP contribution in [0, 0.1) is 11.8 Å². The van der Waals surface area contributed by atoms with Gasteiger partial charge in [-0.2, -0.15) is 0 Å². The second kappa shape index (κ2) is 8.28. The fourth-order valence-electron chi connectivity index (χ4n) is 6.27. The van der Waals surface area contributed by atoms with Gasteiger partial charge in [0.05, 0.1) is 7.11 Å². The molecular weight excluding hydrogens is 396 g/mol. The smallest absolute Gasteiger partial charge is 0.332 e. The molecule has 1 aromatic heterocycles. The number of aliphatic hydroxyl groups excluding tert-OH is 1. The van der Waals surface area contributed by atoms with Crippen LogP contribution in [-0.2, 0) is 26.2 Å². The first kappa shape index (κ1) is 21.8. The van der Waals surface area contributed by atoms with Gasteiger partial charge in [-0.1, -0.05) is 31.5 Å². The van der Waals surface area contributed by atoms with Crippen molar-refractivity contribution in [2.45, 2.75) is 57.1 Å². The molecular formula is C24H32N2O5. The van der Waals surface area contributed by atoms with E-state index < -0.39 is 17.5 Å². The second-order valence-electron chi connectivity index (χ2n) is 9.17. The molecule has 1 aliphatic carbocycles. The highest BCUT2D eigenvalue weighted by Gasteiger charge is 2.62. The number of carboxylic acids is 1. The quantitative estimate of drug-likeness (QED) is 0.650. The molecule has 0 amide bonds. The van der Waals surface area contributed by atoms with Gasteiger partial charge >= 0.3 is 11.9 Å². The van der Waals surface area contributed by atoms with Gasteiger partial charge in [0, 0.05) is 35.7 Å². The van der Waals surface area contributed by atoms with Crippen LogP contribution in [0.25, 0.3) is 10.9 Å². The summed E-state index contributed by atoms with van der Waals surface area (Å²) in [6, 6.07) is 8.75. The van der Waals surface area contributed by atoms with E-state index in [0.29, 0.717) is 11.8 Å². The topological polar surface area (TPSA) is 103 Å². The van der Waals surface area contributed by atoms with Crippen LogP contribution >= 0.6 is 0 Å². The highest BCUT2D eigenvalue weighted by atomic mass is 16.5. The first-order chi connectivity index (χ1) is 14.8. The lowest BCUT2D eigenvalue weighted by atomic mass is 9.56. The molecule has 1 aromatic carbocycles. The van der Waals surface area contributed by atoms with E-state index in [1.807, 2.05) is 0 Å². The Morgan fingerprint density at radius 1 is 1.35 bits per heavy atom. The van der Waals surface area contributed by atoms with E-state index in [9.17, 15) is 9.59 Å². The van der Waals surface area contributed by atoms with Crippen molar-refractivity contribution in [2.24, 2.45) is 11.8 Å². The molecule has 4 bridgehead atoms. The summed E-state index contributed by atoms with van der Waals surface area (Å²) in [6.45, 7) is 5.66. The fraction of sp³-hybridized carbons (Fsp3) is 0.583. The standard InChI is InChI=1S/C21H26N2O2.C3H6O3/c1-3-14-10-13-11-21(20(24)25-2)18-16(8-9-23(12-13)19(14)21)15-6-4-5-7-17(15)22-18;1-2(4)3(5)6/h4-7,13-14,19,22H,3,8-12H2,1-2H3;2,4H,1H3,(H,5,6)/t13-,14+,19+,21-;2-/m00/s1. The van der Waals surface area contributed by atoms with E-state index in [0.717, 1.165) is 43.6 Å². The lowest BCUT2D eigenvalue weighted by molar-refractivity contribution is -0.162. The number of nitrogens with zero attached hydrogens (tertiary/aromatic N) is 1. The van der Waals surface area contributed by atoms with Gasteiger partial charge in [0.25, 0.3) is 0 Å². The second-order valence-corrected chi connectivity index (χ2v) is 9.17. The average Bonchev–Trinajstić information content (AvgIpc) is 3.11. The van der Waals surface area contributed by atoms with Crippen LogP contribution < -0.4 is 0 Å². The van der Waals surface area contributed by atoms with Crippen molar-refractivity contribution in [3.05, 3.63) is 35.5 Å². The number of esters is 1. The number of aromatic amines is 1. The van der Waals surface area contributed by atoms with Crippen LogP contribution in [0.3, 0.4) is 0 Å². The largest absolute Gasteiger partial charge is 0.479 e. The summed E-state index contributed by atoms with van der Waals surface area (Å²) in [6.07, 6.45) is 3.09. The Balaban J connectivity index is 0.000000342. The summed E-state index contributed by atoms with van der Waals surface area (Å²) in [5, 5.41) is 17.0. The number of para-hydroxylation sites is 1. The van der Waals surface area contributed by atoms with Crippen LogP contribution in [0.5, 0.6) is 0 Å². The number of benzene rings is 1. The van der Waals surface area contributed by atoms with E-state index in [1.165, 1.54) is 24.3 Å². The van der Waals surface area contributed by atoms with E-state index in [2.05, 4.69) is 41.1 Å². The first-order valence-corrected chi connectivity index (χ1v) is 11.2.